The fourth-order valence-corrected chi connectivity index (χ4v) is 3.71. The number of nitrogens with zero attached hydrogens (tertiary/aromatic N) is 1. The number of Topliss-reactive ketones (excluding diaryl/α,β-unsaturated/α-hetero) is 1. The summed E-state index contributed by atoms with van der Waals surface area (Å²) in [4.78, 5) is 26.7. The molecule has 1 saturated carbocycles. The van der Waals surface area contributed by atoms with Gasteiger partial charge in [-0.25, -0.2) is 0 Å². The highest BCUT2D eigenvalue weighted by molar-refractivity contribution is 6.37. The molecular weight excluding hydrogens is 250 g/mol. The number of hydrogen-bond acceptors (Lipinski definition) is 2. The van der Waals surface area contributed by atoms with Gasteiger partial charge in [-0.2, -0.15) is 0 Å². The molecular formula is C17H29NO2. The molecule has 0 aromatic heterocycles. The fraction of sp³-hybridized carbons (Fsp3) is 0.882. The Bertz CT molecular complexity index is 334. The van der Waals surface area contributed by atoms with Crippen molar-refractivity contribution in [1.29, 1.82) is 0 Å². The number of rotatable bonds is 6. The molecule has 1 heterocycles. The third-order valence-corrected chi connectivity index (χ3v) is 4.97. The van der Waals surface area contributed by atoms with E-state index in [4.69, 9.17) is 0 Å². The van der Waals surface area contributed by atoms with Gasteiger partial charge in [0.1, 0.15) is 0 Å². The maximum atomic E-state index is 12.5. The summed E-state index contributed by atoms with van der Waals surface area (Å²) in [5, 5.41) is 0. The van der Waals surface area contributed by atoms with Gasteiger partial charge in [-0.05, 0) is 32.1 Å². The Morgan fingerprint density at radius 1 is 1.00 bits per heavy atom. The van der Waals surface area contributed by atoms with Crippen LogP contribution in [-0.2, 0) is 9.59 Å². The van der Waals surface area contributed by atoms with E-state index in [1.807, 2.05) is 4.90 Å². The fourth-order valence-electron chi connectivity index (χ4n) is 3.71. The summed E-state index contributed by atoms with van der Waals surface area (Å²) >= 11 is 0. The Morgan fingerprint density at radius 2 is 1.75 bits per heavy atom. The Kier molecular flexibility index (Phi) is 6.06. The van der Waals surface area contributed by atoms with E-state index >= 15 is 0 Å². The van der Waals surface area contributed by atoms with E-state index < -0.39 is 0 Å². The maximum Gasteiger partial charge on any atom is 0.290 e. The second-order valence-electron chi connectivity index (χ2n) is 6.49. The van der Waals surface area contributed by atoms with Gasteiger partial charge < -0.3 is 4.90 Å². The molecule has 1 aliphatic heterocycles. The van der Waals surface area contributed by atoms with Crippen LogP contribution >= 0.6 is 0 Å². The molecule has 1 atom stereocenters. The Morgan fingerprint density at radius 3 is 2.45 bits per heavy atom. The molecule has 20 heavy (non-hydrogen) atoms. The van der Waals surface area contributed by atoms with Gasteiger partial charge in [0.2, 0.25) is 5.78 Å². The zero-order valence-electron chi connectivity index (χ0n) is 12.9. The molecule has 2 aliphatic rings. The lowest BCUT2D eigenvalue weighted by Gasteiger charge is -2.27. The number of likely N-dealkylation sites (tertiary alicyclic amines) is 1. The van der Waals surface area contributed by atoms with E-state index in [9.17, 15) is 9.59 Å². The Balaban J connectivity index is 1.87. The van der Waals surface area contributed by atoms with Crippen molar-refractivity contribution < 1.29 is 9.59 Å². The number of amides is 1. The summed E-state index contributed by atoms with van der Waals surface area (Å²) in [6, 6.07) is 0.335. The maximum absolute atomic E-state index is 12.5. The van der Waals surface area contributed by atoms with Crippen molar-refractivity contribution in [2.24, 2.45) is 5.92 Å². The smallest absolute Gasteiger partial charge is 0.290 e. The summed E-state index contributed by atoms with van der Waals surface area (Å²) in [6.07, 6.45) is 12.2. The SMILES string of the molecule is CCCCCC1CCCN1C(=O)C(=O)C1CCCCC1. The van der Waals surface area contributed by atoms with Gasteiger partial charge in [-0.15, -0.1) is 0 Å². The largest absolute Gasteiger partial charge is 0.333 e. The van der Waals surface area contributed by atoms with Gasteiger partial charge in [0.25, 0.3) is 5.91 Å². The molecule has 0 N–H and O–H groups in total. The number of hydrogen-bond donors (Lipinski definition) is 0. The third-order valence-electron chi connectivity index (χ3n) is 4.97. The van der Waals surface area contributed by atoms with E-state index in [0.29, 0.717) is 6.04 Å². The van der Waals surface area contributed by atoms with Crippen molar-refractivity contribution in [1.82, 2.24) is 4.90 Å². The van der Waals surface area contributed by atoms with Crippen molar-refractivity contribution in [3.8, 4) is 0 Å². The number of unbranched alkanes of at least 4 members (excludes halogenated alkanes) is 2. The van der Waals surface area contributed by atoms with Crippen molar-refractivity contribution >= 4 is 11.7 Å². The van der Waals surface area contributed by atoms with Crippen molar-refractivity contribution in [3.63, 3.8) is 0 Å². The van der Waals surface area contributed by atoms with Crippen LogP contribution in [0.4, 0.5) is 0 Å². The van der Waals surface area contributed by atoms with Crippen LogP contribution in [-0.4, -0.2) is 29.2 Å². The molecule has 1 amide bonds. The molecule has 2 rings (SSSR count). The lowest BCUT2D eigenvalue weighted by Crippen LogP contribution is -2.42. The topological polar surface area (TPSA) is 37.4 Å². The predicted molar refractivity (Wildman–Crippen MR) is 80.5 cm³/mol. The zero-order chi connectivity index (χ0) is 14.4. The van der Waals surface area contributed by atoms with Crippen molar-refractivity contribution in [3.05, 3.63) is 0 Å². The highest BCUT2D eigenvalue weighted by atomic mass is 16.2. The van der Waals surface area contributed by atoms with E-state index in [2.05, 4.69) is 6.92 Å². The average molecular weight is 279 g/mol. The molecule has 1 unspecified atom stereocenters. The first-order valence-corrected chi connectivity index (χ1v) is 8.59. The van der Waals surface area contributed by atoms with E-state index in [1.165, 1.54) is 25.7 Å². The summed E-state index contributed by atoms with van der Waals surface area (Å²) in [5.74, 6) is -0.240. The van der Waals surface area contributed by atoms with E-state index in [-0.39, 0.29) is 17.6 Å². The molecule has 1 saturated heterocycles. The Labute approximate surface area is 123 Å². The van der Waals surface area contributed by atoms with Gasteiger partial charge in [0.15, 0.2) is 0 Å². The van der Waals surface area contributed by atoms with Crippen LogP contribution in [0.5, 0.6) is 0 Å². The van der Waals surface area contributed by atoms with Crippen LogP contribution in [0.3, 0.4) is 0 Å². The average Bonchev–Trinajstić information content (AvgIpc) is 2.95. The van der Waals surface area contributed by atoms with Gasteiger partial charge in [0.05, 0.1) is 0 Å². The van der Waals surface area contributed by atoms with Crippen LogP contribution in [0.1, 0.15) is 77.6 Å². The molecule has 0 bridgehead atoms. The van der Waals surface area contributed by atoms with Crippen LogP contribution in [0, 0.1) is 5.92 Å². The lowest BCUT2D eigenvalue weighted by molar-refractivity contribution is -0.147. The quantitative estimate of drug-likeness (QED) is 0.549. The molecule has 0 spiro atoms. The van der Waals surface area contributed by atoms with Crippen molar-refractivity contribution in [2.75, 3.05) is 6.54 Å². The van der Waals surface area contributed by atoms with Crippen LogP contribution in [0.2, 0.25) is 0 Å². The summed E-state index contributed by atoms with van der Waals surface area (Å²) < 4.78 is 0. The molecule has 0 aromatic rings. The monoisotopic (exact) mass is 279 g/mol. The Hall–Kier alpha value is -0.860. The molecule has 0 radical (unpaired) electrons. The third kappa shape index (κ3) is 3.83. The normalized spacial score (nSPS) is 24.1. The standard InChI is InChI=1S/C17H29NO2/c1-2-3-5-11-15-12-8-13-18(15)17(20)16(19)14-9-6-4-7-10-14/h14-15H,2-13H2,1H3. The van der Waals surface area contributed by atoms with E-state index in [1.54, 1.807) is 0 Å². The molecule has 0 aromatic carbocycles. The second-order valence-corrected chi connectivity index (χ2v) is 6.49. The molecule has 3 nitrogen and oxygen atoms in total. The van der Waals surface area contributed by atoms with Gasteiger partial charge >= 0.3 is 0 Å². The van der Waals surface area contributed by atoms with Crippen LogP contribution < -0.4 is 0 Å². The first-order chi connectivity index (χ1) is 9.74. The van der Waals surface area contributed by atoms with Crippen molar-refractivity contribution in [2.45, 2.75) is 83.6 Å². The number of carbonyl (C=O) groups is 2. The zero-order valence-corrected chi connectivity index (χ0v) is 12.9. The molecule has 1 aliphatic carbocycles. The summed E-state index contributed by atoms with van der Waals surface area (Å²) in [7, 11) is 0. The summed E-state index contributed by atoms with van der Waals surface area (Å²) in [5.41, 5.74) is 0. The highest BCUT2D eigenvalue weighted by Crippen LogP contribution is 2.28. The molecule has 2 fully saturated rings. The first kappa shape index (κ1) is 15.5. The first-order valence-electron chi connectivity index (χ1n) is 8.59. The van der Waals surface area contributed by atoms with Gasteiger partial charge in [-0.3, -0.25) is 9.59 Å². The van der Waals surface area contributed by atoms with E-state index in [0.717, 1.165) is 51.5 Å². The molecule has 114 valence electrons. The highest BCUT2D eigenvalue weighted by Gasteiger charge is 2.35. The lowest BCUT2D eigenvalue weighted by atomic mass is 9.85. The molecule has 3 heteroatoms. The summed E-state index contributed by atoms with van der Waals surface area (Å²) in [6.45, 7) is 3.00. The minimum Gasteiger partial charge on any atom is -0.333 e. The van der Waals surface area contributed by atoms with Crippen LogP contribution in [0.15, 0.2) is 0 Å². The number of ketones is 1. The minimum absolute atomic E-state index is 0.0214. The van der Waals surface area contributed by atoms with Gasteiger partial charge in [0, 0.05) is 18.5 Å². The number of carbonyl (C=O) groups excluding carboxylic acids is 2. The second kappa shape index (κ2) is 7.80. The predicted octanol–water partition coefficient (Wildman–Crippen LogP) is 3.71. The van der Waals surface area contributed by atoms with Gasteiger partial charge in [-0.1, -0.05) is 45.4 Å². The van der Waals surface area contributed by atoms with Crippen LogP contribution in [0.25, 0.3) is 0 Å². The minimum atomic E-state index is -0.170.